The summed E-state index contributed by atoms with van der Waals surface area (Å²) in [5.74, 6) is 1.01. The molecule has 8 heteroatoms. The molecule has 1 aliphatic heterocycles. The van der Waals surface area contributed by atoms with Gasteiger partial charge in [0.25, 0.3) is 0 Å². The van der Waals surface area contributed by atoms with Crippen molar-refractivity contribution in [2.45, 2.75) is 6.92 Å². The number of halogens is 1. The van der Waals surface area contributed by atoms with Gasteiger partial charge in [-0.25, -0.2) is 0 Å². The van der Waals surface area contributed by atoms with Gasteiger partial charge in [-0.3, -0.25) is 9.59 Å². The summed E-state index contributed by atoms with van der Waals surface area (Å²) in [6.07, 6.45) is 0. The second kappa shape index (κ2) is 9.34. The molecule has 1 atom stereocenters. The predicted molar refractivity (Wildman–Crippen MR) is 94.0 cm³/mol. The van der Waals surface area contributed by atoms with Gasteiger partial charge in [0.2, 0.25) is 11.8 Å². The number of hydrogen-bond acceptors (Lipinski definition) is 5. The second-order valence-corrected chi connectivity index (χ2v) is 5.57. The van der Waals surface area contributed by atoms with E-state index in [1.807, 2.05) is 6.92 Å². The van der Waals surface area contributed by atoms with E-state index in [1.54, 1.807) is 18.2 Å². The summed E-state index contributed by atoms with van der Waals surface area (Å²) in [6, 6.07) is 5.08. The number of hydrogen-bond donors (Lipinski definition) is 3. The number of rotatable bonds is 7. The van der Waals surface area contributed by atoms with Crippen LogP contribution in [0.15, 0.2) is 18.2 Å². The van der Waals surface area contributed by atoms with Crippen LogP contribution < -0.4 is 25.4 Å². The summed E-state index contributed by atoms with van der Waals surface area (Å²) < 4.78 is 10.3. The number of amides is 2. The Kier molecular flexibility index (Phi) is 7.81. The lowest BCUT2D eigenvalue weighted by Gasteiger charge is -2.31. The zero-order chi connectivity index (χ0) is 16.8. The normalized spacial score (nSPS) is 14.6. The van der Waals surface area contributed by atoms with Gasteiger partial charge in [0.05, 0.1) is 20.8 Å². The Morgan fingerprint density at radius 1 is 1.21 bits per heavy atom. The van der Waals surface area contributed by atoms with E-state index in [9.17, 15) is 9.59 Å². The maximum atomic E-state index is 12.0. The number of benzene rings is 1. The van der Waals surface area contributed by atoms with Crippen LogP contribution in [0.2, 0.25) is 0 Å². The molecule has 7 nitrogen and oxygen atoms in total. The van der Waals surface area contributed by atoms with Gasteiger partial charge in [-0.15, -0.1) is 12.4 Å². The number of carbonyl (C=O) groups is 2. The van der Waals surface area contributed by atoms with Gasteiger partial charge >= 0.3 is 0 Å². The van der Waals surface area contributed by atoms with Crippen molar-refractivity contribution in [3.05, 3.63) is 18.2 Å². The summed E-state index contributed by atoms with van der Waals surface area (Å²) in [7, 11) is 3.08. The SMILES string of the molecule is COc1cc(NC(=O)CNC(=O)C(C)C2CNC2)cc(OC)c1.Cl. The fraction of sp³-hybridized carbons (Fsp3) is 0.500. The molecular formula is C16H24ClN3O4. The van der Waals surface area contributed by atoms with Crippen LogP contribution in [-0.4, -0.2) is 45.7 Å². The van der Waals surface area contributed by atoms with E-state index in [2.05, 4.69) is 16.0 Å². The van der Waals surface area contributed by atoms with E-state index < -0.39 is 0 Å². The van der Waals surface area contributed by atoms with Gasteiger partial charge in [0.15, 0.2) is 0 Å². The maximum absolute atomic E-state index is 12.0. The van der Waals surface area contributed by atoms with Crippen LogP contribution in [-0.2, 0) is 9.59 Å². The van der Waals surface area contributed by atoms with Crippen LogP contribution in [0.3, 0.4) is 0 Å². The molecule has 1 aliphatic rings. The lowest BCUT2D eigenvalue weighted by atomic mass is 9.88. The highest BCUT2D eigenvalue weighted by molar-refractivity contribution is 5.95. The Morgan fingerprint density at radius 2 is 1.79 bits per heavy atom. The van der Waals surface area contributed by atoms with E-state index in [4.69, 9.17) is 9.47 Å². The van der Waals surface area contributed by atoms with Crippen molar-refractivity contribution in [3.8, 4) is 11.5 Å². The quantitative estimate of drug-likeness (QED) is 0.678. The molecule has 134 valence electrons. The molecule has 0 aromatic heterocycles. The fourth-order valence-electron chi connectivity index (χ4n) is 2.29. The average molecular weight is 358 g/mol. The van der Waals surface area contributed by atoms with Gasteiger partial charge in [0, 0.05) is 29.8 Å². The molecule has 1 aromatic carbocycles. The summed E-state index contributed by atoms with van der Waals surface area (Å²) >= 11 is 0. The predicted octanol–water partition coefficient (Wildman–Crippen LogP) is 1.04. The molecule has 1 unspecified atom stereocenters. The molecule has 1 fully saturated rings. The van der Waals surface area contributed by atoms with E-state index in [0.717, 1.165) is 13.1 Å². The van der Waals surface area contributed by atoms with Gasteiger partial charge in [-0.05, 0) is 19.0 Å². The van der Waals surface area contributed by atoms with E-state index >= 15 is 0 Å². The van der Waals surface area contributed by atoms with Crippen molar-refractivity contribution in [1.29, 1.82) is 0 Å². The van der Waals surface area contributed by atoms with Gasteiger partial charge in [-0.2, -0.15) is 0 Å². The molecule has 3 N–H and O–H groups in total. The lowest BCUT2D eigenvalue weighted by Crippen LogP contribution is -2.50. The number of carbonyl (C=O) groups excluding carboxylic acids is 2. The summed E-state index contributed by atoms with van der Waals surface area (Å²) in [5.41, 5.74) is 0.552. The molecule has 2 rings (SSSR count). The molecule has 1 saturated heterocycles. The van der Waals surface area contributed by atoms with Crippen LogP contribution in [0.4, 0.5) is 5.69 Å². The Labute approximate surface area is 147 Å². The van der Waals surface area contributed by atoms with Crippen LogP contribution >= 0.6 is 12.4 Å². The topological polar surface area (TPSA) is 88.7 Å². The van der Waals surface area contributed by atoms with Crippen LogP contribution in [0.1, 0.15) is 6.92 Å². The Morgan fingerprint density at radius 3 is 2.25 bits per heavy atom. The molecule has 1 aromatic rings. The first-order chi connectivity index (χ1) is 11.0. The first-order valence-corrected chi connectivity index (χ1v) is 7.55. The minimum absolute atomic E-state index is 0. The van der Waals surface area contributed by atoms with Crippen LogP contribution in [0.5, 0.6) is 11.5 Å². The van der Waals surface area contributed by atoms with Crippen molar-refractivity contribution in [2.75, 3.05) is 39.2 Å². The molecule has 2 amide bonds. The molecule has 1 heterocycles. The Hall–Kier alpha value is -1.99. The minimum atomic E-state index is -0.299. The van der Waals surface area contributed by atoms with Gasteiger partial charge in [0.1, 0.15) is 11.5 Å². The highest BCUT2D eigenvalue weighted by Gasteiger charge is 2.28. The lowest BCUT2D eigenvalue weighted by molar-refractivity contribution is -0.128. The Bertz CT molecular complexity index is 556. The van der Waals surface area contributed by atoms with Crippen LogP contribution in [0, 0.1) is 11.8 Å². The fourth-order valence-corrected chi connectivity index (χ4v) is 2.29. The largest absolute Gasteiger partial charge is 0.497 e. The highest BCUT2D eigenvalue weighted by Crippen LogP contribution is 2.25. The van der Waals surface area contributed by atoms with Gasteiger partial charge < -0.3 is 25.4 Å². The first kappa shape index (κ1) is 20.1. The summed E-state index contributed by atoms with van der Waals surface area (Å²) in [6.45, 7) is 3.52. The highest BCUT2D eigenvalue weighted by atomic mass is 35.5. The van der Waals surface area contributed by atoms with Crippen molar-refractivity contribution in [3.63, 3.8) is 0 Å². The zero-order valence-corrected chi connectivity index (χ0v) is 14.9. The molecule has 24 heavy (non-hydrogen) atoms. The average Bonchev–Trinajstić information content (AvgIpc) is 2.50. The molecule has 0 aliphatic carbocycles. The molecule has 0 radical (unpaired) electrons. The van der Waals surface area contributed by atoms with Crippen molar-refractivity contribution < 1.29 is 19.1 Å². The number of nitrogens with one attached hydrogen (secondary N) is 3. The third kappa shape index (κ3) is 5.28. The standard InChI is InChI=1S/C16H23N3O4.ClH/c1-10(11-7-17-8-11)16(21)18-9-15(20)19-12-4-13(22-2)6-14(5-12)23-3;/h4-6,10-11,17H,7-9H2,1-3H3,(H,18,21)(H,19,20);1H. The smallest absolute Gasteiger partial charge is 0.243 e. The second-order valence-electron chi connectivity index (χ2n) is 5.57. The third-order valence-electron chi connectivity index (χ3n) is 3.99. The third-order valence-corrected chi connectivity index (χ3v) is 3.99. The van der Waals surface area contributed by atoms with Crippen LogP contribution in [0.25, 0.3) is 0 Å². The van der Waals surface area contributed by atoms with E-state index in [-0.39, 0.29) is 36.7 Å². The first-order valence-electron chi connectivity index (χ1n) is 7.55. The van der Waals surface area contributed by atoms with Crippen molar-refractivity contribution in [2.24, 2.45) is 11.8 Å². The molecule has 0 spiro atoms. The Balaban J connectivity index is 0.00000288. The monoisotopic (exact) mass is 357 g/mol. The molecule has 0 bridgehead atoms. The maximum Gasteiger partial charge on any atom is 0.243 e. The molecular weight excluding hydrogens is 334 g/mol. The van der Waals surface area contributed by atoms with Crippen molar-refractivity contribution in [1.82, 2.24) is 10.6 Å². The summed E-state index contributed by atoms with van der Waals surface area (Å²) in [5, 5.41) is 8.52. The number of ether oxygens (including phenoxy) is 2. The number of methoxy groups -OCH3 is 2. The van der Waals surface area contributed by atoms with Gasteiger partial charge in [-0.1, -0.05) is 6.92 Å². The van der Waals surface area contributed by atoms with Crippen molar-refractivity contribution >= 4 is 29.9 Å². The minimum Gasteiger partial charge on any atom is -0.497 e. The number of anilines is 1. The molecule has 0 saturated carbocycles. The summed E-state index contributed by atoms with van der Waals surface area (Å²) in [4.78, 5) is 23.9. The van der Waals surface area contributed by atoms with E-state index in [1.165, 1.54) is 14.2 Å². The zero-order valence-electron chi connectivity index (χ0n) is 14.0. The van der Waals surface area contributed by atoms with E-state index in [0.29, 0.717) is 23.1 Å².